The van der Waals surface area contributed by atoms with Gasteiger partial charge >= 0.3 is 0 Å². The van der Waals surface area contributed by atoms with Crippen molar-refractivity contribution in [2.24, 2.45) is 11.8 Å². The number of hydrogen-bond acceptors (Lipinski definition) is 4. The molecule has 2 aliphatic rings. The summed E-state index contributed by atoms with van der Waals surface area (Å²) in [6.07, 6.45) is 4.19. The van der Waals surface area contributed by atoms with Gasteiger partial charge < -0.3 is 9.47 Å². The predicted octanol–water partition coefficient (Wildman–Crippen LogP) is 4.36. The zero-order chi connectivity index (χ0) is 19.5. The first-order valence-corrected chi connectivity index (χ1v) is 10.2. The second-order valence-electron chi connectivity index (χ2n) is 8.07. The molecule has 1 fully saturated rings. The lowest BCUT2D eigenvalue weighted by molar-refractivity contribution is 0.0895. The van der Waals surface area contributed by atoms with Gasteiger partial charge in [-0.05, 0) is 68.0 Å². The maximum absolute atomic E-state index is 12.9. The van der Waals surface area contributed by atoms with E-state index >= 15 is 0 Å². The van der Waals surface area contributed by atoms with Gasteiger partial charge in [0.15, 0.2) is 17.3 Å². The molecule has 0 amide bonds. The lowest BCUT2D eigenvalue weighted by Gasteiger charge is -2.32. The third-order valence-corrected chi connectivity index (χ3v) is 6.29. The van der Waals surface area contributed by atoms with Crippen molar-refractivity contribution in [1.29, 1.82) is 0 Å². The largest absolute Gasteiger partial charge is 0.493 e. The van der Waals surface area contributed by atoms with Crippen LogP contribution in [0.2, 0.25) is 0 Å². The number of likely N-dealkylation sites (tertiary alicyclic amines) is 1. The van der Waals surface area contributed by atoms with Crippen molar-refractivity contribution in [3.8, 4) is 11.5 Å². The van der Waals surface area contributed by atoms with E-state index in [-0.39, 0.29) is 11.7 Å². The minimum atomic E-state index is 0.109. The number of benzene rings is 2. The molecule has 1 unspecified atom stereocenters. The molecule has 0 radical (unpaired) electrons. The Morgan fingerprint density at radius 2 is 1.71 bits per heavy atom. The summed E-state index contributed by atoms with van der Waals surface area (Å²) >= 11 is 0. The molecule has 1 heterocycles. The number of ether oxygens (including phenoxy) is 2. The van der Waals surface area contributed by atoms with Crippen LogP contribution in [0.25, 0.3) is 0 Å². The van der Waals surface area contributed by atoms with Crippen LogP contribution in [-0.4, -0.2) is 38.0 Å². The summed E-state index contributed by atoms with van der Waals surface area (Å²) < 4.78 is 10.8. The van der Waals surface area contributed by atoms with E-state index < -0.39 is 0 Å². The fourth-order valence-electron chi connectivity index (χ4n) is 4.71. The summed E-state index contributed by atoms with van der Waals surface area (Å²) in [4.78, 5) is 15.5. The second kappa shape index (κ2) is 8.36. The highest BCUT2D eigenvalue weighted by Gasteiger charge is 2.34. The van der Waals surface area contributed by atoms with E-state index in [2.05, 4.69) is 35.2 Å². The Labute approximate surface area is 167 Å². The number of hydrogen-bond donors (Lipinski definition) is 0. The predicted molar refractivity (Wildman–Crippen MR) is 110 cm³/mol. The van der Waals surface area contributed by atoms with E-state index in [1.54, 1.807) is 14.2 Å². The molecule has 0 saturated carbocycles. The molecule has 0 spiro atoms. The van der Waals surface area contributed by atoms with Crippen LogP contribution in [0.1, 0.15) is 40.7 Å². The minimum Gasteiger partial charge on any atom is -0.493 e. The molecule has 1 aliphatic carbocycles. The average Bonchev–Trinajstić information content (AvgIpc) is 3.03. The van der Waals surface area contributed by atoms with Gasteiger partial charge in [-0.3, -0.25) is 9.69 Å². The zero-order valence-corrected chi connectivity index (χ0v) is 16.8. The SMILES string of the molecule is COc1cc2c(cc1OC)C(=O)[14CH](CC1CCN(Cc3ccccc3)CC1)C2. The van der Waals surface area contributed by atoms with Gasteiger partial charge in [0.2, 0.25) is 0 Å². The third-order valence-electron chi connectivity index (χ3n) is 6.29. The molecule has 0 N–H and O–H groups in total. The summed E-state index contributed by atoms with van der Waals surface area (Å²) in [5.41, 5.74) is 3.31. The maximum Gasteiger partial charge on any atom is 0.166 e. The molecule has 1 atom stereocenters. The van der Waals surface area contributed by atoms with Crippen molar-refractivity contribution in [3.05, 3.63) is 59.2 Å². The number of fused-ring (bicyclic) bond motifs is 1. The van der Waals surface area contributed by atoms with E-state index in [1.807, 2.05) is 12.1 Å². The molecule has 148 valence electrons. The van der Waals surface area contributed by atoms with Gasteiger partial charge in [0.25, 0.3) is 0 Å². The highest BCUT2D eigenvalue weighted by molar-refractivity contribution is 6.02. The fraction of sp³-hybridized carbons (Fsp3) is 0.458. The molecule has 1 aliphatic heterocycles. The first-order chi connectivity index (χ1) is 13.7. The topological polar surface area (TPSA) is 38.8 Å². The van der Waals surface area contributed by atoms with Crippen LogP contribution < -0.4 is 9.47 Å². The smallest absolute Gasteiger partial charge is 0.166 e. The van der Waals surface area contributed by atoms with Crippen LogP contribution in [0.5, 0.6) is 11.5 Å². The van der Waals surface area contributed by atoms with Gasteiger partial charge in [-0.1, -0.05) is 30.3 Å². The standard InChI is InChI=1S/C24H29NO3/c1-27-22-14-19-13-20(24(26)21(19)15-23(22)28-2)12-17-8-10-25(11-9-17)16-18-6-4-3-5-7-18/h3-7,14-15,17,20H,8-13,16H2,1-2H3/i20+2. The molecule has 4 nitrogen and oxygen atoms in total. The number of piperidine rings is 1. The number of Topliss-reactive ketones (excluding diaryl/α,β-unsaturated/α-hetero) is 1. The number of methoxy groups -OCH3 is 2. The number of carbonyl (C=O) groups is 1. The second-order valence-corrected chi connectivity index (χ2v) is 8.07. The van der Waals surface area contributed by atoms with Crippen LogP contribution in [0.15, 0.2) is 42.5 Å². The Balaban J connectivity index is 1.34. The Bertz CT molecular complexity index is 825. The number of carbonyl (C=O) groups excluding carboxylic acids is 1. The molecule has 0 bridgehead atoms. The number of ketones is 1. The zero-order valence-electron chi connectivity index (χ0n) is 16.8. The van der Waals surface area contributed by atoms with E-state index in [0.717, 1.165) is 43.6 Å². The molecular weight excluding hydrogens is 352 g/mol. The normalized spacial score (nSPS) is 20.2. The molecule has 2 aromatic carbocycles. The van der Waals surface area contributed by atoms with Crippen LogP contribution in [0.3, 0.4) is 0 Å². The molecule has 1 saturated heterocycles. The number of rotatable bonds is 6. The van der Waals surface area contributed by atoms with Gasteiger partial charge in [0, 0.05) is 18.0 Å². The van der Waals surface area contributed by atoms with Gasteiger partial charge in [0.1, 0.15) is 0 Å². The average molecular weight is 381 g/mol. The summed E-state index contributed by atoms with van der Waals surface area (Å²) in [5.74, 6) is 2.38. The van der Waals surface area contributed by atoms with Crippen molar-refractivity contribution in [1.82, 2.24) is 4.90 Å². The molecule has 28 heavy (non-hydrogen) atoms. The summed E-state index contributed by atoms with van der Waals surface area (Å²) in [6, 6.07) is 14.5. The number of nitrogens with zero attached hydrogens (tertiary/aromatic N) is 1. The molecule has 4 rings (SSSR count). The van der Waals surface area contributed by atoms with Crippen LogP contribution in [0.4, 0.5) is 0 Å². The van der Waals surface area contributed by atoms with E-state index in [9.17, 15) is 4.79 Å². The quantitative estimate of drug-likeness (QED) is 0.745. The van der Waals surface area contributed by atoms with Crippen molar-refractivity contribution in [2.75, 3.05) is 27.3 Å². The third kappa shape index (κ3) is 3.93. The van der Waals surface area contributed by atoms with E-state index in [4.69, 9.17) is 9.47 Å². The summed E-state index contributed by atoms with van der Waals surface area (Å²) in [5, 5.41) is 0. The lowest BCUT2D eigenvalue weighted by atomic mass is 9.96. The highest BCUT2D eigenvalue weighted by atomic mass is 16.5. The van der Waals surface area contributed by atoms with Gasteiger partial charge in [0.05, 0.1) is 14.2 Å². The van der Waals surface area contributed by atoms with Crippen LogP contribution in [0, 0.1) is 11.8 Å². The molecule has 0 aromatic heterocycles. The Morgan fingerprint density at radius 1 is 1.04 bits per heavy atom. The van der Waals surface area contributed by atoms with E-state index in [1.165, 1.54) is 18.4 Å². The van der Waals surface area contributed by atoms with Crippen molar-refractivity contribution >= 4 is 5.78 Å². The molecular formula is C24H29NO3. The Kier molecular flexibility index (Phi) is 5.67. The molecule has 2 aromatic rings. The van der Waals surface area contributed by atoms with Crippen molar-refractivity contribution < 1.29 is 14.3 Å². The monoisotopic (exact) mass is 381 g/mol. The van der Waals surface area contributed by atoms with E-state index in [0.29, 0.717) is 17.4 Å². The first kappa shape index (κ1) is 19.0. The lowest BCUT2D eigenvalue weighted by Crippen LogP contribution is -2.34. The fourth-order valence-corrected chi connectivity index (χ4v) is 4.71. The summed E-state index contributed by atoms with van der Waals surface area (Å²) in [6.45, 7) is 3.27. The van der Waals surface area contributed by atoms with Gasteiger partial charge in [-0.25, -0.2) is 0 Å². The van der Waals surface area contributed by atoms with Gasteiger partial charge in [-0.2, -0.15) is 0 Å². The molecule has 4 heteroatoms. The van der Waals surface area contributed by atoms with Crippen molar-refractivity contribution in [2.45, 2.75) is 32.2 Å². The highest BCUT2D eigenvalue weighted by Crippen LogP contribution is 2.39. The van der Waals surface area contributed by atoms with Gasteiger partial charge in [-0.15, -0.1) is 0 Å². The minimum absolute atomic E-state index is 0.109. The maximum atomic E-state index is 12.9. The first-order valence-electron chi connectivity index (χ1n) is 10.2. The van der Waals surface area contributed by atoms with Crippen molar-refractivity contribution in [3.63, 3.8) is 0 Å². The Hall–Kier alpha value is -2.33. The van der Waals surface area contributed by atoms with Crippen LogP contribution in [-0.2, 0) is 13.0 Å². The summed E-state index contributed by atoms with van der Waals surface area (Å²) in [7, 11) is 3.26. The Morgan fingerprint density at radius 3 is 2.39 bits per heavy atom. The van der Waals surface area contributed by atoms with Crippen LogP contribution >= 0.6 is 0 Å².